The summed E-state index contributed by atoms with van der Waals surface area (Å²) in [5.41, 5.74) is 2.63. The van der Waals surface area contributed by atoms with Gasteiger partial charge in [0.05, 0.1) is 11.2 Å². The van der Waals surface area contributed by atoms with Crippen molar-refractivity contribution in [3.05, 3.63) is 58.1 Å². The van der Waals surface area contributed by atoms with Gasteiger partial charge in [-0.15, -0.1) is 11.3 Å². The van der Waals surface area contributed by atoms with E-state index in [1.807, 2.05) is 27.3 Å². The van der Waals surface area contributed by atoms with E-state index in [-0.39, 0.29) is 23.0 Å². The average Bonchev–Trinajstić information content (AvgIpc) is 3.31. The van der Waals surface area contributed by atoms with Gasteiger partial charge in [0.15, 0.2) is 5.01 Å². The molecular weight excluding hydrogens is 460 g/mol. The molecule has 0 radical (unpaired) electrons. The van der Waals surface area contributed by atoms with Gasteiger partial charge in [0.1, 0.15) is 0 Å². The number of ether oxygens (including phenoxy) is 1. The summed E-state index contributed by atoms with van der Waals surface area (Å²) in [7, 11) is 0. The van der Waals surface area contributed by atoms with Crippen LogP contribution in [-0.4, -0.2) is 88.0 Å². The number of likely N-dealkylation sites (tertiary alicyclic amines) is 1. The highest BCUT2D eigenvalue weighted by Crippen LogP contribution is 2.38. The molecule has 2 amide bonds. The number of carbonyl (C=O) groups is 2. The lowest BCUT2D eigenvalue weighted by atomic mass is 9.85. The lowest BCUT2D eigenvalue weighted by molar-refractivity contribution is -0.100. The first-order valence-corrected chi connectivity index (χ1v) is 13.2. The smallest absolute Gasteiger partial charge is 0.282 e. The molecule has 0 bridgehead atoms. The van der Waals surface area contributed by atoms with Crippen LogP contribution in [0, 0.1) is 0 Å². The van der Waals surface area contributed by atoms with E-state index in [9.17, 15) is 9.59 Å². The maximum atomic E-state index is 13.0. The minimum atomic E-state index is -0.308. The molecule has 3 aliphatic heterocycles. The van der Waals surface area contributed by atoms with E-state index in [2.05, 4.69) is 55.8 Å². The lowest BCUT2D eigenvalue weighted by Crippen LogP contribution is -2.64. The first-order chi connectivity index (χ1) is 16.6. The predicted molar refractivity (Wildman–Crippen MR) is 138 cm³/mol. The Morgan fingerprint density at radius 3 is 2.26 bits per heavy atom. The van der Waals surface area contributed by atoms with Crippen LogP contribution in [0.5, 0.6) is 0 Å². The zero-order valence-electron chi connectivity index (χ0n) is 21.0. The molecule has 4 heterocycles. The summed E-state index contributed by atoms with van der Waals surface area (Å²) < 4.78 is 6.16. The summed E-state index contributed by atoms with van der Waals surface area (Å²) in [4.78, 5) is 35.9. The van der Waals surface area contributed by atoms with Crippen molar-refractivity contribution in [2.75, 3.05) is 39.3 Å². The van der Waals surface area contributed by atoms with Gasteiger partial charge in [-0.25, -0.2) is 4.98 Å². The molecule has 0 N–H and O–H groups in total. The molecule has 0 unspecified atom stereocenters. The first-order valence-electron chi connectivity index (χ1n) is 12.3. The molecule has 2 saturated heterocycles. The highest BCUT2D eigenvalue weighted by Gasteiger charge is 2.37. The SMILES string of the molecule is CC1(C)C=C(c2ccc(C(=O)N3CC(N4CCN(C(=O)c5nccs5)CC4)C3)cc2)CC(C)(C)O1. The van der Waals surface area contributed by atoms with Crippen molar-refractivity contribution in [3.63, 3.8) is 0 Å². The molecule has 186 valence electrons. The van der Waals surface area contributed by atoms with Crippen LogP contribution >= 0.6 is 11.3 Å². The maximum Gasteiger partial charge on any atom is 0.282 e. The van der Waals surface area contributed by atoms with Gasteiger partial charge in [0.2, 0.25) is 0 Å². The normalized spacial score (nSPS) is 22.5. The van der Waals surface area contributed by atoms with Crippen LogP contribution in [0.3, 0.4) is 0 Å². The number of benzene rings is 1. The van der Waals surface area contributed by atoms with E-state index >= 15 is 0 Å². The molecule has 1 aromatic carbocycles. The average molecular weight is 495 g/mol. The number of piperazine rings is 1. The zero-order chi connectivity index (χ0) is 24.8. The van der Waals surface area contributed by atoms with Crippen LogP contribution in [0.4, 0.5) is 0 Å². The summed E-state index contributed by atoms with van der Waals surface area (Å²) >= 11 is 1.39. The summed E-state index contributed by atoms with van der Waals surface area (Å²) in [5, 5.41) is 2.39. The van der Waals surface area contributed by atoms with Gasteiger partial charge in [0.25, 0.3) is 11.8 Å². The first kappa shape index (κ1) is 24.2. The Morgan fingerprint density at radius 1 is 0.971 bits per heavy atom. The van der Waals surface area contributed by atoms with Crippen LogP contribution in [0.25, 0.3) is 5.57 Å². The second-order valence-corrected chi connectivity index (χ2v) is 11.8. The predicted octanol–water partition coefficient (Wildman–Crippen LogP) is 3.79. The van der Waals surface area contributed by atoms with E-state index in [1.165, 1.54) is 16.9 Å². The van der Waals surface area contributed by atoms with E-state index in [0.29, 0.717) is 24.1 Å². The summed E-state index contributed by atoms with van der Waals surface area (Å²) in [6.07, 6.45) is 4.71. The molecule has 8 heteroatoms. The van der Waals surface area contributed by atoms with Crippen LogP contribution < -0.4 is 0 Å². The van der Waals surface area contributed by atoms with Crippen LogP contribution in [-0.2, 0) is 4.74 Å². The monoisotopic (exact) mass is 494 g/mol. The Balaban J connectivity index is 1.13. The Kier molecular flexibility index (Phi) is 6.32. The second-order valence-electron chi connectivity index (χ2n) is 10.9. The third-order valence-electron chi connectivity index (χ3n) is 7.06. The molecule has 0 spiro atoms. The molecule has 0 aliphatic carbocycles. The number of nitrogens with zero attached hydrogens (tertiary/aromatic N) is 4. The second kappa shape index (κ2) is 9.15. The number of hydrogen-bond donors (Lipinski definition) is 0. The van der Waals surface area contributed by atoms with E-state index < -0.39 is 0 Å². The van der Waals surface area contributed by atoms with Gasteiger partial charge < -0.3 is 14.5 Å². The van der Waals surface area contributed by atoms with E-state index in [1.54, 1.807) is 6.20 Å². The summed E-state index contributed by atoms with van der Waals surface area (Å²) in [6, 6.07) is 8.39. The minimum Gasteiger partial charge on any atom is -0.365 e. The number of carbonyl (C=O) groups excluding carboxylic acids is 2. The Labute approximate surface area is 211 Å². The molecule has 0 atom stereocenters. The van der Waals surface area contributed by atoms with Gasteiger partial charge in [-0.05, 0) is 57.0 Å². The molecule has 0 saturated carbocycles. The molecule has 7 nitrogen and oxygen atoms in total. The zero-order valence-corrected chi connectivity index (χ0v) is 21.8. The topological polar surface area (TPSA) is 66.0 Å². The fraction of sp³-hybridized carbons (Fsp3) is 0.519. The lowest BCUT2D eigenvalue weighted by Gasteiger charge is -2.48. The van der Waals surface area contributed by atoms with Gasteiger partial charge in [-0.2, -0.15) is 0 Å². The number of thiazole rings is 1. The number of aromatic nitrogens is 1. The van der Waals surface area contributed by atoms with E-state index in [0.717, 1.165) is 43.7 Å². The quantitative estimate of drug-likeness (QED) is 0.647. The number of rotatable bonds is 4. The summed E-state index contributed by atoms with van der Waals surface area (Å²) in [6.45, 7) is 13.0. The van der Waals surface area contributed by atoms with Crippen molar-refractivity contribution in [2.45, 2.75) is 51.4 Å². The number of hydrogen-bond acceptors (Lipinski definition) is 6. The molecular formula is C27H34N4O3S. The van der Waals surface area contributed by atoms with Crippen LogP contribution in [0.15, 0.2) is 41.9 Å². The largest absolute Gasteiger partial charge is 0.365 e. The van der Waals surface area contributed by atoms with Crippen LogP contribution in [0.2, 0.25) is 0 Å². The fourth-order valence-electron chi connectivity index (χ4n) is 5.51. The summed E-state index contributed by atoms with van der Waals surface area (Å²) in [5.74, 6) is 0.115. The fourth-order valence-corrected chi connectivity index (χ4v) is 6.11. The van der Waals surface area contributed by atoms with Gasteiger partial charge in [-0.3, -0.25) is 14.5 Å². The van der Waals surface area contributed by atoms with E-state index in [4.69, 9.17) is 4.74 Å². The van der Waals surface area contributed by atoms with Crippen molar-refractivity contribution < 1.29 is 14.3 Å². The molecule has 5 rings (SSSR count). The maximum absolute atomic E-state index is 13.0. The molecule has 3 aliphatic rings. The standard InChI is InChI=1S/C27H34N4O3S/c1-26(2)15-21(16-27(3,4)34-26)19-5-7-20(8-6-19)24(32)31-17-22(18-31)29-10-12-30(13-11-29)25(33)23-28-9-14-35-23/h5-9,14-15,22H,10-13,16-18H2,1-4H3. The highest BCUT2D eigenvalue weighted by molar-refractivity contribution is 7.11. The van der Waals surface area contributed by atoms with Crippen molar-refractivity contribution in [1.29, 1.82) is 0 Å². The van der Waals surface area contributed by atoms with Crippen molar-refractivity contribution in [1.82, 2.24) is 19.7 Å². The molecule has 2 fully saturated rings. The van der Waals surface area contributed by atoms with Crippen molar-refractivity contribution >= 4 is 28.7 Å². The third kappa shape index (κ3) is 5.20. The van der Waals surface area contributed by atoms with Gasteiger partial charge in [-0.1, -0.05) is 12.1 Å². The van der Waals surface area contributed by atoms with Gasteiger partial charge >= 0.3 is 0 Å². The highest BCUT2D eigenvalue weighted by atomic mass is 32.1. The third-order valence-corrected chi connectivity index (χ3v) is 7.82. The Hall–Kier alpha value is -2.55. The Morgan fingerprint density at radius 2 is 1.66 bits per heavy atom. The minimum absolute atomic E-state index is 0.0251. The number of amides is 2. The van der Waals surface area contributed by atoms with Crippen molar-refractivity contribution in [3.8, 4) is 0 Å². The van der Waals surface area contributed by atoms with Crippen molar-refractivity contribution in [2.24, 2.45) is 0 Å². The van der Waals surface area contributed by atoms with Crippen LogP contribution in [0.1, 0.15) is 59.8 Å². The van der Waals surface area contributed by atoms with Gasteiger partial charge in [0, 0.05) is 68.9 Å². The molecule has 35 heavy (non-hydrogen) atoms. The Bertz CT molecular complexity index is 1110. The molecule has 1 aromatic heterocycles. The molecule has 2 aromatic rings.